The van der Waals surface area contributed by atoms with Crippen LogP contribution < -0.4 is 14.4 Å². The summed E-state index contributed by atoms with van der Waals surface area (Å²) in [5.41, 5.74) is 4.81. The molecule has 1 fully saturated rings. The van der Waals surface area contributed by atoms with Crippen LogP contribution in [-0.4, -0.2) is 72.3 Å². The molecule has 4 aromatic rings. The highest BCUT2D eigenvalue weighted by Crippen LogP contribution is 2.36. The molecular weight excluding hydrogens is 404 g/mol. The van der Waals surface area contributed by atoms with E-state index >= 15 is 0 Å². The van der Waals surface area contributed by atoms with Gasteiger partial charge in [-0.2, -0.15) is 0 Å². The fourth-order valence-electron chi connectivity index (χ4n) is 4.04. The maximum atomic E-state index is 5.47. The van der Waals surface area contributed by atoms with Crippen molar-refractivity contribution >= 4 is 17.0 Å². The molecule has 1 saturated heterocycles. The molecule has 1 N–H and O–H groups in total. The van der Waals surface area contributed by atoms with Crippen LogP contribution in [0.2, 0.25) is 0 Å². The van der Waals surface area contributed by atoms with Crippen molar-refractivity contribution in [2.45, 2.75) is 0 Å². The Morgan fingerprint density at radius 2 is 1.53 bits per heavy atom. The SMILES string of the molecule is COc1ccc(-c2c[nH]c3ncc(-c4cnc(N5CCN(C)CC5)nc4)cc23)cc1OC. The number of hydrogen-bond acceptors (Lipinski definition) is 7. The van der Waals surface area contributed by atoms with E-state index in [1.807, 2.05) is 43.0 Å². The molecule has 8 heteroatoms. The third-order valence-electron chi connectivity index (χ3n) is 5.98. The number of H-pyrrole nitrogens is 1. The second-order valence-corrected chi connectivity index (χ2v) is 7.95. The predicted octanol–water partition coefficient (Wildman–Crippen LogP) is 3.46. The summed E-state index contributed by atoms with van der Waals surface area (Å²) < 4.78 is 10.8. The van der Waals surface area contributed by atoms with E-state index in [2.05, 4.69) is 42.8 Å². The van der Waals surface area contributed by atoms with Crippen molar-refractivity contribution in [3.8, 4) is 33.8 Å². The minimum absolute atomic E-state index is 0.691. The lowest BCUT2D eigenvalue weighted by Gasteiger charge is -2.32. The second kappa shape index (κ2) is 8.47. The number of methoxy groups -OCH3 is 2. The topological polar surface area (TPSA) is 79.4 Å². The first kappa shape index (κ1) is 20.3. The summed E-state index contributed by atoms with van der Waals surface area (Å²) in [6.45, 7) is 3.94. The summed E-state index contributed by atoms with van der Waals surface area (Å²) in [5.74, 6) is 2.17. The third kappa shape index (κ3) is 3.73. The van der Waals surface area contributed by atoms with Gasteiger partial charge in [-0.1, -0.05) is 6.07 Å². The Labute approximate surface area is 186 Å². The number of aromatic nitrogens is 4. The van der Waals surface area contributed by atoms with Gasteiger partial charge in [-0.25, -0.2) is 15.0 Å². The monoisotopic (exact) mass is 430 g/mol. The van der Waals surface area contributed by atoms with E-state index in [0.29, 0.717) is 11.5 Å². The summed E-state index contributed by atoms with van der Waals surface area (Å²) in [6, 6.07) is 8.03. The molecule has 0 aliphatic carbocycles. The number of nitrogens with one attached hydrogen (secondary N) is 1. The van der Waals surface area contributed by atoms with Crippen molar-refractivity contribution < 1.29 is 9.47 Å². The normalized spacial score (nSPS) is 14.7. The van der Waals surface area contributed by atoms with Gasteiger partial charge in [0.05, 0.1) is 14.2 Å². The van der Waals surface area contributed by atoms with E-state index in [-0.39, 0.29) is 0 Å². The minimum Gasteiger partial charge on any atom is -0.493 e. The molecule has 164 valence electrons. The lowest BCUT2D eigenvalue weighted by molar-refractivity contribution is 0.311. The number of fused-ring (bicyclic) bond motifs is 1. The van der Waals surface area contributed by atoms with Crippen molar-refractivity contribution in [2.75, 3.05) is 52.3 Å². The Balaban J connectivity index is 1.46. The molecule has 0 saturated carbocycles. The minimum atomic E-state index is 0.691. The Morgan fingerprint density at radius 1 is 0.812 bits per heavy atom. The number of ether oxygens (including phenoxy) is 2. The van der Waals surface area contributed by atoms with Gasteiger partial charge in [-0.3, -0.25) is 0 Å². The van der Waals surface area contributed by atoms with Gasteiger partial charge in [0, 0.05) is 73.0 Å². The van der Waals surface area contributed by atoms with Crippen LogP contribution in [0.1, 0.15) is 0 Å². The van der Waals surface area contributed by atoms with Crippen molar-refractivity contribution in [3.63, 3.8) is 0 Å². The van der Waals surface area contributed by atoms with Gasteiger partial charge < -0.3 is 24.3 Å². The zero-order valence-corrected chi connectivity index (χ0v) is 18.5. The molecule has 8 nitrogen and oxygen atoms in total. The first-order valence-corrected chi connectivity index (χ1v) is 10.6. The largest absolute Gasteiger partial charge is 0.493 e. The van der Waals surface area contributed by atoms with Crippen LogP contribution in [0.25, 0.3) is 33.3 Å². The van der Waals surface area contributed by atoms with E-state index < -0.39 is 0 Å². The van der Waals surface area contributed by atoms with Gasteiger partial charge >= 0.3 is 0 Å². The van der Waals surface area contributed by atoms with E-state index in [1.54, 1.807) is 14.2 Å². The molecule has 0 spiro atoms. The van der Waals surface area contributed by atoms with Crippen LogP contribution >= 0.6 is 0 Å². The fourth-order valence-corrected chi connectivity index (χ4v) is 4.04. The maximum absolute atomic E-state index is 5.47. The Bertz CT molecular complexity index is 1230. The first-order valence-electron chi connectivity index (χ1n) is 10.6. The lowest BCUT2D eigenvalue weighted by Crippen LogP contribution is -2.45. The average molecular weight is 431 g/mol. The highest BCUT2D eigenvalue weighted by atomic mass is 16.5. The van der Waals surface area contributed by atoms with Gasteiger partial charge in [-0.15, -0.1) is 0 Å². The number of aromatic amines is 1. The van der Waals surface area contributed by atoms with Gasteiger partial charge in [-0.05, 0) is 30.8 Å². The van der Waals surface area contributed by atoms with E-state index in [9.17, 15) is 0 Å². The summed E-state index contributed by atoms with van der Waals surface area (Å²) in [7, 11) is 5.42. The Morgan fingerprint density at radius 3 is 2.25 bits per heavy atom. The molecule has 0 bridgehead atoms. The van der Waals surface area contributed by atoms with E-state index in [4.69, 9.17) is 9.47 Å². The highest BCUT2D eigenvalue weighted by Gasteiger charge is 2.17. The van der Waals surface area contributed by atoms with Crippen molar-refractivity contribution in [1.29, 1.82) is 0 Å². The standard InChI is InChI=1S/C24H26N6O2/c1-29-6-8-30(9-7-29)24-27-13-18(14-28-24)17-10-19-20(15-26-23(19)25-12-17)16-4-5-21(31-2)22(11-16)32-3/h4-5,10-15H,6-9H2,1-3H3,(H,25,26). The molecule has 0 radical (unpaired) electrons. The lowest BCUT2D eigenvalue weighted by atomic mass is 10.0. The van der Waals surface area contributed by atoms with Gasteiger partial charge in [0.25, 0.3) is 0 Å². The van der Waals surface area contributed by atoms with E-state index in [0.717, 1.165) is 65.4 Å². The summed E-state index contributed by atoms with van der Waals surface area (Å²) in [6.07, 6.45) is 7.58. The molecular formula is C24H26N6O2. The number of likely N-dealkylation sites (N-methyl/N-ethyl adjacent to an activating group) is 1. The molecule has 1 aliphatic rings. The van der Waals surface area contributed by atoms with Crippen LogP contribution in [0, 0.1) is 0 Å². The maximum Gasteiger partial charge on any atom is 0.225 e. The number of hydrogen-bond donors (Lipinski definition) is 1. The molecule has 1 aromatic carbocycles. The summed E-state index contributed by atoms with van der Waals surface area (Å²) >= 11 is 0. The van der Waals surface area contributed by atoms with E-state index in [1.165, 1.54) is 0 Å². The molecule has 4 heterocycles. The van der Waals surface area contributed by atoms with Crippen LogP contribution in [0.15, 0.2) is 49.1 Å². The Kier molecular flexibility index (Phi) is 5.36. The zero-order chi connectivity index (χ0) is 22.1. The molecule has 32 heavy (non-hydrogen) atoms. The molecule has 5 rings (SSSR count). The molecule has 0 amide bonds. The highest BCUT2D eigenvalue weighted by molar-refractivity contribution is 5.96. The third-order valence-corrected chi connectivity index (χ3v) is 5.98. The van der Waals surface area contributed by atoms with Crippen molar-refractivity contribution in [1.82, 2.24) is 24.8 Å². The Hall–Kier alpha value is -3.65. The molecule has 0 atom stereocenters. The van der Waals surface area contributed by atoms with Gasteiger partial charge in [0.2, 0.25) is 5.95 Å². The van der Waals surface area contributed by atoms with Crippen LogP contribution in [0.3, 0.4) is 0 Å². The molecule has 3 aromatic heterocycles. The fraction of sp³-hybridized carbons (Fsp3) is 0.292. The van der Waals surface area contributed by atoms with Gasteiger partial charge in [0.15, 0.2) is 11.5 Å². The number of benzene rings is 1. The zero-order valence-electron chi connectivity index (χ0n) is 18.5. The van der Waals surface area contributed by atoms with Crippen LogP contribution in [-0.2, 0) is 0 Å². The average Bonchev–Trinajstić information content (AvgIpc) is 3.27. The number of anilines is 1. The molecule has 1 aliphatic heterocycles. The van der Waals surface area contributed by atoms with Crippen molar-refractivity contribution in [2.24, 2.45) is 0 Å². The summed E-state index contributed by atoms with van der Waals surface area (Å²) in [5, 5.41) is 1.03. The smallest absolute Gasteiger partial charge is 0.225 e. The predicted molar refractivity (Wildman–Crippen MR) is 125 cm³/mol. The molecule has 0 unspecified atom stereocenters. The number of rotatable bonds is 5. The second-order valence-electron chi connectivity index (χ2n) is 7.95. The van der Waals surface area contributed by atoms with Crippen molar-refractivity contribution in [3.05, 3.63) is 49.1 Å². The van der Waals surface area contributed by atoms with Gasteiger partial charge in [0.1, 0.15) is 5.65 Å². The number of nitrogens with zero attached hydrogens (tertiary/aromatic N) is 5. The summed E-state index contributed by atoms with van der Waals surface area (Å²) in [4.78, 5) is 21.7. The number of piperazine rings is 1. The van der Waals surface area contributed by atoms with Crippen LogP contribution in [0.4, 0.5) is 5.95 Å². The number of pyridine rings is 1. The van der Waals surface area contributed by atoms with Crippen LogP contribution in [0.5, 0.6) is 11.5 Å². The first-order chi connectivity index (χ1) is 15.7. The quantitative estimate of drug-likeness (QED) is 0.519.